The molecule has 1 atom stereocenters. The Balaban J connectivity index is 1.83. The first-order valence-corrected chi connectivity index (χ1v) is 10.7. The minimum absolute atomic E-state index is 0.0622. The normalized spacial score (nSPS) is 15.6. The van der Waals surface area contributed by atoms with E-state index < -0.39 is 0 Å². The summed E-state index contributed by atoms with van der Waals surface area (Å²) < 4.78 is 22.7. The molecule has 6 heteroatoms. The fourth-order valence-electron chi connectivity index (χ4n) is 3.99. The van der Waals surface area contributed by atoms with Gasteiger partial charge in [-0.2, -0.15) is 0 Å². The van der Waals surface area contributed by atoms with Gasteiger partial charge in [0, 0.05) is 13.1 Å². The number of hydrogen-bond acceptors (Lipinski definition) is 6. The van der Waals surface area contributed by atoms with Crippen LogP contribution in [0.25, 0.3) is 0 Å². The molecule has 0 amide bonds. The second-order valence-corrected chi connectivity index (χ2v) is 7.33. The number of benzene rings is 2. The maximum absolute atomic E-state index is 6.02. The van der Waals surface area contributed by atoms with Gasteiger partial charge in [-0.25, -0.2) is 0 Å². The van der Waals surface area contributed by atoms with E-state index in [2.05, 4.69) is 48.3 Å². The maximum Gasteiger partial charge on any atom is 0.161 e. The molecule has 0 radical (unpaired) electrons. The minimum atomic E-state index is 0.0622. The van der Waals surface area contributed by atoms with Crippen LogP contribution < -0.4 is 24.3 Å². The van der Waals surface area contributed by atoms with Crippen molar-refractivity contribution in [3.63, 3.8) is 0 Å². The highest BCUT2D eigenvalue weighted by Crippen LogP contribution is 2.39. The molecule has 1 N–H and O–H groups in total. The number of fused-ring (bicyclic) bond motifs is 1. The topological polar surface area (TPSA) is 52.2 Å². The molecule has 6 nitrogen and oxygen atoms in total. The molecule has 30 heavy (non-hydrogen) atoms. The van der Waals surface area contributed by atoms with Crippen molar-refractivity contribution >= 4 is 0 Å². The first kappa shape index (κ1) is 22.2. The smallest absolute Gasteiger partial charge is 0.161 e. The monoisotopic (exact) mass is 414 g/mol. The zero-order chi connectivity index (χ0) is 21.5. The summed E-state index contributed by atoms with van der Waals surface area (Å²) in [5.41, 5.74) is 3.61. The molecule has 2 aromatic carbocycles. The van der Waals surface area contributed by atoms with Crippen LogP contribution in [-0.4, -0.2) is 59.0 Å². The molecule has 164 valence electrons. The van der Waals surface area contributed by atoms with Crippen LogP contribution in [0.5, 0.6) is 23.0 Å². The number of nitrogens with one attached hydrogen (secondary N) is 1. The second kappa shape index (κ2) is 10.5. The van der Waals surface area contributed by atoms with Crippen molar-refractivity contribution in [2.75, 3.05) is 54.1 Å². The molecule has 0 aromatic heterocycles. The van der Waals surface area contributed by atoms with Gasteiger partial charge in [-0.05, 0) is 60.5 Å². The molecule has 1 unspecified atom stereocenters. The van der Waals surface area contributed by atoms with Crippen molar-refractivity contribution in [1.29, 1.82) is 0 Å². The van der Waals surface area contributed by atoms with E-state index in [1.165, 1.54) is 11.1 Å². The van der Waals surface area contributed by atoms with Crippen LogP contribution in [0.15, 0.2) is 30.3 Å². The average molecular weight is 415 g/mol. The standard InChI is InChI=1S/C24H34N2O4/c1-6-26(7-2)12-13-30-20-9-8-18(15-21(20)27-3)24-19-16-23(29-5)22(28-4)14-17(19)10-11-25-24/h8-9,14-16,24-25H,6-7,10-13H2,1-5H3. The number of hydrogen-bond donors (Lipinski definition) is 1. The van der Waals surface area contributed by atoms with Crippen molar-refractivity contribution in [1.82, 2.24) is 10.2 Å². The Bertz CT molecular complexity index is 836. The van der Waals surface area contributed by atoms with Gasteiger partial charge in [-0.15, -0.1) is 0 Å². The van der Waals surface area contributed by atoms with Gasteiger partial charge in [0.05, 0.1) is 27.4 Å². The highest BCUT2D eigenvalue weighted by atomic mass is 16.5. The summed E-state index contributed by atoms with van der Waals surface area (Å²) in [6.45, 7) is 8.82. The van der Waals surface area contributed by atoms with Crippen LogP contribution >= 0.6 is 0 Å². The fourth-order valence-corrected chi connectivity index (χ4v) is 3.99. The maximum atomic E-state index is 6.02. The quantitative estimate of drug-likeness (QED) is 0.640. The summed E-state index contributed by atoms with van der Waals surface area (Å²) in [6, 6.07) is 10.4. The van der Waals surface area contributed by atoms with Crippen molar-refractivity contribution in [2.24, 2.45) is 0 Å². The van der Waals surface area contributed by atoms with Gasteiger partial charge in [0.25, 0.3) is 0 Å². The average Bonchev–Trinajstić information content (AvgIpc) is 2.80. The molecule has 0 saturated carbocycles. The number of methoxy groups -OCH3 is 3. The van der Waals surface area contributed by atoms with Crippen molar-refractivity contribution in [2.45, 2.75) is 26.3 Å². The molecular formula is C24H34N2O4. The summed E-state index contributed by atoms with van der Waals surface area (Å²) >= 11 is 0. The number of ether oxygens (including phenoxy) is 4. The molecule has 0 spiro atoms. The fraction of sp³-hybridized carbons (Fsp3) is 0.500. The Morgan fingerprint density at radius 3 is 2.23 bits per heavy atom. The highest BCUT2D eigenvalue weighted by molar-refractivity contribution is 5.53. The molecule has 1 aliphatic heterocycles. The summed E-state index contributed by atoms with van der Waals surface area (Å²) in [5, 5.41) is 3.63. The third-order valence-electron chi connectivity index (χ3n) is 5.78. The molecular weight excluding hydrogens is 380 g/mol. The van der Waals surface area contributed by atoms with E-state index in [0.29, 0.717) is 6.61 Å². The Morgan fingerprint density at radius 2 is 1.57 bits per heavy atom. The van der Waals surface area contributed by atoms with Crippen LogP contribution in [0.2, 0.25) is 0 Å². The third-order valence-corrected chi connectivity index (χ3v) is 5.78. The Kier molecular flexibility index (Phi) is 7.82. The summed E-state index contributed by atoms with van der Waals surface area (Å²) in [4.78, 5) is 2.34. The number of likely N-dealkylation sites (N-methyl/N-ethyl adjacent to an activating group) is 1. The number of rotatable bonds is 10. The van der Waals surface area contributed by atoms with E-state index in [1.54, 1.807) is 21.3 Å². The lowest BCUT2D eigenvalue weighted by molar-refractivity contribution is 0.217. The summed E-state index contributed by atoms with van der Waals surface area (Å²) in [5.74, 6) is 3.04. The van der Waals surface area contributed by atoms with Crippen molar-refractivity contribution in [3.8, 4) is 23.0 Å². The zero-order valence-electron chi connectivity index (χ0n) is 18.8. The van der Waals surface area contributed by atoms with E-state index in [9.17, 15) is 0 Å². The van der Waals surface area contributed by atoms with Gasteiger partial charge in [0.2, 0.25) is 0 Å². The van der Waals surface area contributed by atoms with Gasteiger partial charge in [-0.3, -0.25) is 0 Å². The van der Waals surface area contributed by atoms with E-state index >= 15 is 0 Å². The Hall–Kier alpha value is -2.44. The van der Waals surface area contributed by atoms with Crippen molar-refractivity contribution < 1.29 is 18.9 Å². The lowest BCUT2D eigenvalue weighted by Gasteiger charge is -2.29. The molecule has 2 aromatic rings. The Labute approximate surface area is 180 Å². The number of nitrogens with zero attached hydrogens (tertiary/aromatic N) is 1. The van der Waals surface area contributed by atoms with Gasteiger partial charge in [0.1, 0.15) is 6.61 Å². The molecule has 0 bridgehead atoms. The van der Waals surface area contributed by atoms with E-state index in [1.807, 2.05) is 6.07 Å². The zero-order valence-corrected chi connectivity index (χ0v) is 18.8. The largest absolute Gasteiger partial charge is 0.493 e. The lowest BCUT2D eigenvalue weighted by atomic mass is 9.89. The minimum Gasteiger partial charge on any atom is -0.493 e. The van der Waals surface area contributed by atoms with Crippen molar-refractivity contribution in [3.05, 3.63) is 47.0 Å². The first-order chi connectivity index (χ1) is 14.6. The lowest BCUT2D eigenvalue weighted by Crippen LogP contribution is -2.30. The molecule has 0 saturated heterocycles. The van der Waals surface area contributed by atoms with Crippen LogP contribution in [-0.2, 0) is 6.42 Å². The van der Waals surface area contributed by atoms with E-state index in [0.717, 1.165) is 61.2 Å². The molecule has 1 heterocycles. The van der Waals surface area contributed by atoms with Gasteiger partial charge in [0.15, 0.2) is 23.0 Å². The SMILES string of the molecule is CCN(CC)CCOc1ccc(C2NCCc3cc(OC)c(OC)cc32)cc1OC. The van der Waals surface area contributed by atoms with Gasteiger partial charge < -0.3 is 29.2 Å². The van der Waals surface area contributed by atoms with Crippen LogP contribution in [0.1, 0.15) is 36.6 Å². The molecule has 3 rings (SSSR count). The summed E-state index contributed by atoms with van der Waals surface area (Å²) in [7, 11) is 5.03. The van der Waals surface area contributed by atoms with E-state index in [-0.39, 0.29) is 6.04 Å². The second-order valence-electron chi connectivity index (χ2n) is 7.33. The first-order valence-electron chi connectivity index (χ1n) is 10.7. The third kappa shape index (κ3) is 4.82. The predicted octanol–water partition coefficient (Wildman–Crippen LogP) is 3.67. The van der Waals surface area contributed by atoms with Gasteiger partial charge in [-0.1, -0.05) is 19.9 Å². The Morgan fingerprint density at radius 1 is 0.900 bits per heavy atom. The van der Waals surface area contributed by atoms with Crippen LogP contribution in [0, 0.1) is 0 Å². The van der Waals surface area contributed by atoms with Crippen LogP contribution in [0.4, 0.5) is 0 Å². The predicted molar refractivity (Wildman–Crippen MR) is 119 cm³/mol. The molecule has 0 fully saturated rings. The molecule has 0 aliphatic carbocycles. The van der Waals surface area contributed by atoms with Gasteiger partial charge >= 0.3 is 0 Å². The summed E-state index contributed by atoms with van der Waals surface area (Å²) in [6.07, 6.45) is 0.954. The molecule has 1 aliphatic rings. The van der Waals surface area contributed by atoms with Crippen LogP contribution in [0.3, 0.4) is 0 Å². The van der Waals surface area contributed by atoms with E-state index in [4.69, 9.17) is 18.9 Å². The highest BCUT2D eigenvalue weighted by Gasteiger charge is 2.25.